The Labute approximate surface area is 107 Å². The van der Waals surface area contributed by atoms with Crippen molar-refractivity contribution in [1.29, 1.82) is 5.26 Å². The van der Waals surface area contributed by atoms with Crippen LogP contribution in [0.2, 0.25) is 0 Å². The maximum Gasteiger partial charge on any atom is 0.416 e. The standard InChI is InChI=1S/C12H11F3N2S/c13-12(14,15)10-1-2-11(9(7-10)8-16)17-3-5-18-6-4-17/h1-2,7H,3-6H2. The first-order valence-corrected chi connectivity index (χ1v) is 6.62. The van der Waals surface area contributed by atoms with Crippen molar-refractivity contribution < 1.29 is 13.2 Å². The van der Waals surface area contributed by atoms with E-state index in [1.54, 1.807) is 0 Å². The molecular formula is C12H11F3N2S. The summed E-state index contributed by atoms with van der Waals surface area (Å²) in [5.41, 5.74) is -0.0725. The molecule has 0 saturated carbocycles. The minimum absolute atomic E-state index is 0.0942. The van der Waals surface area contributed by atoms with Gasteiger partial charge < -0.3 is 4.90 Å². The van der Waals surface area contributed by atoms with Gasteiger partial charge in [0.05, 0.1) is 16.8 Å². The lowest BCUT2D eigenvalue weighted by Gasteiger charge is -2.29. The van der Waals surface area contributed by atoms with E-state index in [-0.39, 0.29) is 5.56 Å². The molecule has 1 aliphatic heterocycles. The summed E-state index contributed by atoms with van der Waals surface area (Å²) in [6.45, 7) is 1.54. The summed E-state index contributed by atoms with van der Waals surface area (Å²) >= 11 is 1.81. The van der Waals surface area contributed by atoms with Gasteiger partial charge in [0.15, 0.2) is 0 Å². The molecule has 0 amide bonds. The fraction of sp³-hybridized carbons (Fsp3) is 0.417. The molecule has 0 N–H and O–H groups in total. The number of rotatable bonds is 1. The molecule has 96 valence electrons. The third kappa shape index (κ3) is 2.72. The molecule has 6 heteroatoms. The third-order valence-corrected chi connectivity index (χ3v) is 3.74. The summed E-state index contributed by atoms with van der Waals surface area (Å²) in [6, 6.07) is 5.22. The molecule has 1 saturated heterocycles. The Hall–Kier alpha value is -1.35. The molecule has 0 bridgehead atoms. The molecular weight excluding hydrogens is 261 g/mol. The first-order chi connectivity index (χ1) is 8.52. The molecule has 1 heterocycles. The van der Waals surface area contributed by atoms with Crippen molar-refractivity contribution >= 4 is 17.4 Å². The van der Waals surface area contributed by atoms with Crippen LogP contribution in [0, 0.1) is 11.3 Å². The van der Waals surface area contributed by atoms with Gasteiger partial charge >= 0.3 is 6.18 Å². The first-order valence-electron chi connectivity index (χ1n) is 5.46. The summed E-state index contributed by atoms with van der Waals surface area (Å²) in [7, 11) is 0. The minimum atomic E-state index is -4.40. The van der Waals surface area contributed by atoms with Gasteiger partial charge in [0.1, 0.15) is 6.07 Å². The summed E-state index contributed by atoms with van der Waals surface area (Å²) < 4.78 is 37.7. The van der Waals surface area contributed by atoms with Crippen LogP contribution < -0.4 is 4.90 Å². The van der Waals surface area contributed by atoms with E-state index in [1.807, 2.05) is 22.7 Å². The van der Waals surface area contributed by atoms with Crippen LogP contribution in [0.3, 0.4) is 0 Å². The van der Waals surface area contributed by atoms with Crippen LogP contribution in [0.25, 0.3) is 0 Å². The van der Waals surface area contributed by atoms with Gasteiger partial charge in [-0.1, -0.05) is 0 Å². The maximum absolute atomic E-state index is 12.6. The van der Waals surface area contributed by atoms with E-state index in [4.69, 9.17) is 5.26 Å². The molecule has 1 aromatic rings. The van der Waals surface area contributed by atoms with Crippen molar-refractivity contribution in [2.45, 2.75) is 6.18 Å². The Balaban J connectivity index is 2.34. The quantitative estimate of drug-likeness (QED) is 0.786. The highest BCUT2D eigenvalue weighted by Gasteiger charge is 2.31. The number of anilines is 1. The fourth-order valence-corrected chi connectivity index (χ4v) is 2.79. The van der Waals surface area contributed by atoms with Crippen molar-refractivity contribution in [3.05, 3.63) is 29.3 Å². The molecule has 0 atom stereocenters. The molecule has 0 radical (unpaired) electrons. The lowest BCUT2D eigenvalue weighted by Crippen LogP contribution is -2.33. The molecule has 0 spiro atoms. The van der Waals surface area contributed by atoms with Crippen molar-refractivity contribution in [2.75, 3.05) is 29.5 Å². The maximum atomic E-state index is 12.6. The molecule has 0 aromatic heterocycles. The molecule has 1 fully saturated rings. The Kier molecular flexibility index (Phi) is 3.71. The summed E-state index contributed by atoms with van der Waals surface area (Å²) in [5.74, 6) is 1.87. The van der Waals surface area contributed by atoms with Gasteiger partial charge in [0, 0.05) is 24.6 Å². The van der Waals surface area contributed by atoms with Crippen molar-refractivity contribution in [1.82, 2.24) is 0 Å². The number of nitriles is 1. The largest absolute Gasteiger partial charge is 0.416 e. The van der Waals surface area contributed by atoms with E-state index in [2.05, 4.69) is 0 Å². The molecule has 2 rings (SSSR count). The Bertz CT molecular complexity index is 473. The van der Waals surface area contributed by atoms with E-state index >= 15 is 0 Å². The molecule has 18 heavy (non-hydrogen) atoms. The topological polar surface area (TPSA) is 27.0 Å². The zero-order valence-electron chi connectivity index (χ0n) is 9.50. The van der Waals surface area contributed by atoms with Crippen LogP contribution in [0.4, 0.5) is 18.9 Å². The van der Waals surface area contributed by atoms with Crippen molar-refractivity contribution in [2.24, 2.45) is 0 Å². The molecule has 1 aliphatic rings. The van der Waals surface area contributed by atoms with Crippen molar-refractivity contribution in [3.8, 4) is 6.07 Å². The highest BCUT2D eigenvalue weighted by atomic mass is 32.2. The normalized spacial score (nSPS) is 16.4. The van der Waals surface area contributed by atoms with Crippen LogP contribution in [-0.4, -0.2) is 24.6 Å². The Morgan fingerprint density at radius 1 is 1.22 bits per heavy atom. The molecule has 1 aromatic carbocycles. The zero-order chi connectivity index (χ0) is 13.2. The van der Waals surface area contributed by atoms with E-state index in [9.17, 15) is 13.2 Å². The molecule has 0 aliphatic carbocycles. The van der Waals surface area contributed by atoms with Gasteiger partial charge in [0.2, 0.25) is 0 Å². The van der Waals surface area contributed by atoms with Crippen LogP contribution >= 0.6 is 11.8 Å². The van der Waals surface area contributed by atoms with Gasteiger partial charge in [-0.15, -0.1) is 0 Å². The smallest absolute Gasteiger partial charge is 0.369 e. The second-order valence-corrected chi connectivity index (χ2v) is 5.17. The second kappa shape index (κ2) is 5.11. The van der Waals surface area contributed by atoms with Gasteiger partial charge in [-0.2, -0.15) is 30.2 Å². The predicted octanol–water partition coefficient (Wildman–Crippen LogP) is 3.13. The van der Waals surface area contributed by atoms with E-state index in [0.29, 0.717) is 5.69 Å². The zero-order valence-corrected chi connectivity index (χ0v) is 10.3. The van der Waals surface area contributed by atoms with Gasteiger partial charge in [0.25, 0.3) is 0 Å². The van der Waals surface area contributed by atoms with Gasteiger partial charge in [-0.05, 0) is 18.2 Å². The van der Waals surface area contributed by atoms with E-state index < -0.39 is 11.7 Å². The number of hydrogen-bond donors (Lipinski definition) is 0. The SMILES string of the molecule is N#Cc1cc(C(F)(F)F)ccc1N1CCSCC1. The number of nitrogens with zero attached hydrogens (tertiary/aromatic N) is 2. The van der Waals surface area contributed by atoms with Crippen LogP contribution in [0.5, 0.6) is 0 Å². The number of alkyl halides is 3. The highest BCUT2D eigenvalue weighted by Crippen LogP contribution is 2.33. The summed E-state index contributed by atoms with van der Waals surface area (Å²) in [6.07, 6.45) is -4.40. The van der Waals surface area contributed by atoms with E-state index in [0.717, 1.165) is 36.7 Å². The van der Waals surface area contributed by atoms with Crippen LogP contribution in [-0.2, 0) is 6.18 Å². The summed E-state index contributed by atoms with van der Waals surface area (Å²) in [5, 5.41) is 8.99. The first kappa shape index (κ1) is 13.1. The average molecular weight is 272 g/mol. The summed E-state index contributed by atoms with van der Waals surface area (Å²) in [4.78, 5) is 1.97. The number of halogens is 3. The minimum Gasteiger partial charge on any atom is -0.369 e. The van der Waals surface area contributed by atoms with Crippen molar-refractivity contribution in [3.63, 3.8) is 0 Å². The number of hydrogen-bond acceptors (Lipinski definition) is 3. The third-order valence-electron chi connectivity index (χ3n) is 2.80. The predicted molar refractivity (Wildman–Crippen MR) is 65.7 cm³/mol. The average Bonchev–Trinajstić information content (AvgIpc) is 2.38. The molecule has 2 nitrogen and oxygen atoms in total. The lowest BCUT2D eigenvalue weighted by atomic mass is 10.1. The monoisotopic (exact) mass is 272 g/mol. The van der Waals surface area contributed by atoms with E-state index in [1.165, 1.54) is 6.07 Å². The Morgan fingerprint density at radius 3 is 2.44 bits per heavy atom. The lowest BCUT2D eigenvalue weighted by molar-refractivity contribution is -0.137. The Morgan fingerprint density at radius 2 is 1.89 bits per heavy atom. The fourth-order valence-electron chi connectivity index (χ4n) is 1.88. The van der Waals surface area contributed by atoms with Crippen LogP contribution in [0.15, 0.2) is 18.2 Å². The molecule has 0 unspecified atom stereocenters. The second-order valence-electron chi connectivity index (χ2n) is 3.94. The van der Waals surface area contributed by atoms with Gasteiger partial charge in [-0.25, -0.2) is 0 Å². The highest BCUT2D eigenvalue weighted by molar-refractivity contribution is 7.99. The van der Waals surface area contributed by atoms with Gasteiger partial charge in [-0.3, -0.25) is 0 Å². The van der Waals surface area contributed by atoms with Crippen LogP contribution in [0.1, 0.15) is 11.1 Å². The number of thioether (sulfide) groups is 1. The number of benzene rings is 1.